The first-order chi connectivity index (χ1) is 11.1. The van der Waals surface area contributed by atoms with Crippen LogP contribution in [0.25, 0.3) is 10.8 Å². The highest BCUT2D eigenvalue weighted by atomic mass is 32.2. The van der Waals surface area contributed by atoms with E-state index in [1.54, 1.807) is 13.1 Å². The number of aromatic nitrogens is 1. The number of carbonyl (C=O) groups excluding carboxylic acids is 1. The molecule has 0 bridgehead atoms. The Morgan fingerprint density at radius 1 is 1.04 bits per heavy atom. The molecule has 4 nitrogen and oxygen atoms in total. The van der Waals surface area contributed by atoms with E-state index in [-0.39, 0.29) is 0 Å². The molecule has 0 unspecified atom stereocenters. The van der Waals surface area contributed by atoms with Crippen LogP contribution >= 0.6 is 11.9 Å². The zero-order valence-electron chi connectivity index (χ0n) is 12.9. The van der Waals surface area contributed by atoms with Crippen LogP contribution in [0.4, 0.5) is 4.79 Å². The van der Waals surface area contributed by atoms with Gasteiger partial charge in [0.15, 0.2) is 0 Å². The molecule has 3 rings (SSSR count). The minimum Gasteiger partial charge on any atom is -0.410 e. The van der Waals surface area contributed by atoms with Crippen LogP contribution in [0.5, 0.6) is 5.75 Å². The van der Waals surface area contributed by atoms with E-state index in [2.05, 4.69) is 4.98 Å². The Hall–Kier alpha value is -2.53. The number of carbonyl (C=O) groups is 1. The van der Waals surface area contributed by atoms with E-state index in [1.807, 2.05) is 61.5 Å². The van der Waals surface area contributed by atoms with Crippen LogP contribution in [0.3, 0.4) is 0 Å². The lowest BCUT2D eigenvalue weighted by Gasteiger charge is -2.15. The van der Waals surface area contributed by atoms with E-state index in [0.717, 1.165) is 21.5 Å². The summed E-state index contributed by atoms with van der Waals surface area (Å²) in [6, 6.07) is 19.2. The maximum atomic E-state index is 12.2. The van der Waals surface area contributed by atoms with Crippen molar-refractivity contribution in [2.24, 2.45) is 0 Å². The molecule has 1 aromatic heterocycles. The van der Waals surface area contributed by atoms with E-state index in [0.29, 0.717) is 5.75 Å². The van der Waals surface area contributed by atoms with Crippen molar-refractivity contribution in [3.63, 3.8) is 0 Å². The van der Waals surface area contributed by atoms with Crippen molar-refractivity contribution in [2.45, 2.75) is 11.9 Å². The molecule has 0 aliphatic carbocycles. The van der Waals surface area contributed by atoms with E-state index in [4.69, 9.17) is 4.74 Å². The molecule has 116 valence electrons. The van der Waals surface area contributed by atoms with Gasteiger partial charge in [-0.1, -0.05) is 36.4 Å². The maximum absolute atomic E-state index is 12.2. The second-order valence-electron chi connectivity index (χ2n) is 5.08. The molecule has 0 radical (unpaired) electrons. The van der Waals surface area contributed by atoms with Crippen molar-refractivity contribution in [3.05, 3.63) is 66.4 Å². The number of rotatable bonds is 3. The third kappa shape index (κ3) is 3.81. The maximum Gasteiger partial charge on any atom is 0.425 e. The first kappa shape index (κ1) is 15.4. The third-order valence-corrected chi connectivity index (χ3v) is 4.11. The lowest BCUT2D eigenvalue weighted by Crippen LogP contribution is -2.23. The first-order valence-electron chi connectivity index (χ1n) is 7.18. The summed E-state index contributed by atoms with van der Waals surface area (Å²) in [6.07, 6.45) is -0.436. The average Bonchev–Trinajstić information content (AvgIpc) is 2.54. The van der Waals surface area contributed by atoms with Gasteiger partial charge in [0.25, 0.3) is 0 Å². The summed E-state index contributed by atoms with van der Waals surface area (Å²) in [6.45, 7) is 1.91. The van der Waals surface area contributed by atoms with Gasteiger partial charge in [0.1, 0.15) is 10.8 Å². The van der Waals surface area contributed by atoms with Crippen molar-refractivity contribution in [2.75, 3.05) is 7.05 Å². The Bertz CT molecular complexity index is 851. The van der Waals surface area contributed by atoms with Gasteiger partial charge in [0, 0.05) is 24.7 Å². The highest BCUT2D eigenvalue weighted by molar-refractivity contribution is 7.97. The molecule has 1 heterocycles. The standard InChI is InChI=1S/C18H16N2O2S/c1-13-6-5-9-17(19-13)23-20(2)18(21)22-16-11-10-14-7-3-4-8-15(14)12-16/h3-12H,1-2H3. The fourth-order valence-electron chi connectivity index (χ4n) is 2.14. The summed E-state index contributed by atoms with van der Waals surface area (Å²) in [5, 5.41) is 2.90. The second-order valence-corrected chi connectivity index (χ2v) is 6.23. The Morgan fingerprint density at radius 2 is 1.83 bits per heavy atom. The monoisotopic (exact) mass is 324 g/mol. The van der Waals surface area contributed by atoms with Gasteiger partial charge in [-0.25, -0.2) is 14.1 Å². The van der Waals surface area contributed by atoms with Gasteiger partial charge >= 0.3 is 6.09 Å². The SMILES string of the molecule is Cc1cccc(SN(C)C(=O)Oc2ccc3ccccc3c2)n1. The van der Waals surface area contributed by atoms with Crippen LogP contribution in [0, 0.1) is 6.92 Å². The number of benzene rings is 2. The predicted octanol–water partition coefficient (Wildman–Crippen LogP) is 4.68. The Labute approximate surface area is 139 Å². The van der Waals surface area contributed by atoms with Gasteiger partial charge in [-0.05, 0) is 42.0 Å². The molecule has 0 aliphatic heterocycles. The lowest BCUT2D eigenvalue weighted by molar-refractivity contribution is 0.187. The van der Waals surface area contributed by atoms with E-state index < -0.39 is 6.09 Å². The van der Waals surface area contributed by atoms with Crippen molar-refractivity contribution < 1.29 is 9.53 Å². The lowest BCUT2D eigenvalue weighted by atomic mass is 10.1. The van der Waals surface area contributed by atoms with Gasteiger partial charge in [0.2, 0.25) is 0 Å². The fraction of sp³-hybridized carbons (Fsp3) is 0.111. The summed E-state index contributed by atoms with van der Waals surface area (Å²) in [7, 11) is 1.66. The summed E-state index contributed by atoms with van der Waals surface area (Å²) in [5.74, 6) is 0.526. The molecule has 0 saturated carbocycles. The molecule has 0 fully saturated rings. The van der Waals surface area contributed by atoms with E-state index in [9.17, 15) is 4.79 Å². The van der Waals surface area contributed by atoms with E-state index in [1.165, 1.54) is 16.3 Å². The Kier molecular flexibility index (Phi) is 4.48. The molecule has 2 aromatic carbocycles. The molecule has 1 amide bonds. The minimum absolute atomic E-state index is 0.436. The quantitative estimate of drug-likeness (QED) is 0.656. The molecule has 0 spiro atoms. The summed E-state index contributed by atoms with van der Waals surface area (Å²) >= 11 is 1.24. The van der Waals surface area contributed by atoms with Gasteiger partial charge < -0.3 is 4.74 Å². The van der Waals surface area contributed by atoms with Crippen LogP contribution in [0.2, 0.25) is 0 Å². The zero-order valence-corrected chi connectivity index (χ0v) is 13.7. The topological polar surface area (TPSA) is 42.4 Å². The largest absolute Gasteiger partial charge is 0.425 e. The van der Waals surface area contributed by atoms with Crippen molar-refractivity contribution >= 4 is 28.8 Å². The summed E-state index contributed by atoms with van der Waals surface area (Å²) < 4.78 is 6.85. The van der Waals surface area contributed by atoms with Crippen LogP contribution in [-0.4, -0.2) is 22.4 Å². The normalized spacial score (nSPS) is 10.5. The number of ether oxygens (including phenoxy) is 1. The fourth-order valence-corrected chi connectivity index (χ4v) is 2.86. The van der Waals surface area contributed by atoms with Gasteiger partial charge in [-0.2, -0.15) is 0 Å². The number of nitrogens with zero attached hydrogens (tertiary/aromatic N) is 2. The van der Waals surface area contributed by atoms with Gasteiger partial charge in [-0.3, -0.25) is 0 Å². The zero-order chi connectivity index (χ0) is 16.2. The highest BCUT2D eigenvalue weighted by Crippen LogP contribution is 2.23. The Balaban J connectivity index is 1.69. The van der Waals surface area contributed by atoms with Crippen LogP contribution < -0.4 is 4.74 Å². The van der Waals surface area contributed by atoms with Crippen molar-refractivity contribution in [1.82, 2.24) is 9.29 Å². The van der Waals surface area contributed by atoms with Gasteiger partial charge in [-0.15, -0.1) is 0 Å². The minimum atomic E-state index is -0.436. The number of pyridine rings is 1. The molecular formula is C18H16N2O2S. The number of amides is 1. The smallest absolute Gasteiger partial charge is 0.410 e. The number of aryl methyl sites for hydroxylation is 1. The van der Waals surface area contributed by atoms with Crippen LogP contribution in [-0.2, 0) is 0 Å². The summed E-state index contributed by atoms with van der Waals surface area (Å²) in [4.78, 5) is 16.5. The van der Waals surface area contributed by atoms with Gasteiger partial charge in [0.05, 0.1) is 0 Å². The van der Waals surface area contributed by atoms with E-state index >= 15 is 0 Å². The number of hydrogen-bond acceptors (Lipinski definition) is 4. The molecule has 0 saturated heterocycles. The molecule has 0 aliphatic rings. The molecule has 5 heteroatoms. The van der Waals surface area contributed by atoms with Crippen molar-refractivity contribution in [1.29, 1.82) is 0 Å². The predicted molar refractivity (Wildman–Crippen MR) is 92.6 cm³/mol. The van der Waals surface area contributed by atoms with Crippen LogP contribution in [0.1, 0.15) is 5.69 Å². The van der Waals surface area contributed by atoms with Crippen molar-refractivity contribution in [3.8, 4) is 5.75 Å². The molecule has 3 aromatic rings. The molecule has 0 atom stereocenters. The molecule has 23 heavy (non-hydrogen) atoms. The summed E-state index contributed by atoms with van der Waals surface area (Å²) in [5.41, 5.74) is 0.909. The first-order valence-corrected chi connectivity index (χ1v) is 7.95. The highest BCUT2D eigenvalue weighted by Gasteiger charge is 2.14. The third-order valence-electron chi connectivity index (χ3n) is 3.28. The Morgan fingerprint density at radius 3 is 2.61 bits per heavy atom. The molecular weight excluding hydrogens is 308 g/mol. The number of fused-ring (bicyclic) bond motifs is 1. The van der Waals surface area contributed by atoms with Crippen LogP contribution in [0.15, 0.2) is 65.7 Å². The molecule has 0 N–H and O–H groups in total. The second kappa shape index (κ2) is 6.71. The average molecular weight is 324 g/mol. The number of hydrogen-bond donors (Lipinski definition) is 0.